The topological polar surface area (TPSA) is 37.3 Å². The highest BCUT2D eigenvalue weighted by Crippen LogP contribution is 2.47. The lowest BCUT2D eigenvalue weighted by Crippen LogP contribution is -2.41. The van der Waals surface area contributed by atoms with Crippen LogP contribution in [-0.4, -0.2) is 14.7 Å². The minimum Gasteiger partial charge on any atom is -0.380 e. The van der Waals surface area contributed by atoms with E-state index in [-0.39, 0.29) is 12.2 Å². The Morgan fingerprint density at radius 1 is 1.25 bits per heavy atom. The SMILES string of the molecule is CC(=O)C[C@](O)(c1ccccc1)C(Cl)(Cl)Cl. The minimum atomic E-state index is -1.96. The van der Waals surface area contributed by atoms with Crippen molar-refractivity contribution < 1.29 is 9.90 Å². The molecule has 0 saturated carbocycles. The summed E-state index contributed by atoms with van der Waals surface area (Å²) < 4.78 is -1.96. The van der Waals surface area contributed by atoms with E-state index >= 15 is 0 Å². The van der Waals surface area contributed by atoms with Crippen molar-refractivity contribution in [1.29, 1.82) is 0 Å². The number of carbonyl (C=O) groups excluding carboxylic acids is 1. The van der Waals surface area contributed by atoms with Gasteiger partial charge in [0, 0.05) is 6.42 Å². The number of ketones is 1. The highest BCUT2D eigenvalue weighted by atomic mass is 35.6. The molecule has 1 aromatic carbocycles. The molecule has 0 fully saturated rings. The Hall–Kier alpha value is -0.280. The first kappa shape index (κ1) is 13.8. The molecule has 0 spiro atoms. The molecule has 88 valence electrons. The van der Waals surface area contributed by atoms with Crippen molar-refractivity contribution in [2.24, 2.45) is 0 Å². The van der Waals surface area contributed by atoms with Crippen molar-refractivity contribution >= 4 is 40.6 Å². The summed E-state index contributed by atoms with van der Waals surface area (Å²) in [4.78, 5) is 11.1. The van der Waals surface area contributed by atoms with Crippen LogP contribution in [0.2, 0.25) is 0 Å². The average Bonchev–Trinajstić information content (AvgIpc) is 2.16. The van der Waals surface area contributed by atoms with Crippen molar-refractivity contribution in [3.05, 3.63) is 35.9 Å². The first-order chi connectivity index (χ1) is 7.27. The number of halogens is 3. The van der Waals surface area contributed by atoms with Gasteiger partial charge in [-0.2, -0.15) is 0 Å². The molecule has 0 aliphatic rings. The normalized spacial score (nSPS) is 15.6. The molecular weight excluding hydrogens is 270 g/mol. The lowest BCUT2D eigenvalue weighted by molar-refractivity contribution is -0.122. The third-order valence-electron chi connectivity index (χ3n) is 2.23. The van der Waals surface area contributed by atoms with E-state index in [1.54, 1.807) is 30.3 Å². The third kappa shape index (κ3) is 2.89. The van der Waals surface area contributed by atoms with E-state index in [9.17, 15) is 9.90 Å². The maximum atomic E-state index is 11.1. The summed E-state index contributed by atoms with van der Waals surface area (Å²) >= 11 is 17.2. The molecule has 16 heavy (non-hydrogen) atoms. The van der Waals surface area contributed by atoms with E-state index in [0.29, 0.717) is 5.56 Å². The molecule has 2 nitrogen and oxygen atoms in total. The van der Waals surface area contributed by atoms with E-state index in [1.807, 2.05) is 0 Å². The van der Waals surface area contributed by atoms with Crippen molar-refractivity contribution in [1.82, 2.24) is 0 Å². The molecular formula is C11H11Cl3O2. The second-order valence-electron chi connectivity index (χ2n) is 3.60. The highest BCUT2D eigenvalue weighted by Gasteiger charge is 2.49. The maximum absolute atomic E-state index is 11.1. The van der Waals surface area contributed by atoms with Crippen LogP contribution < -0.4 is 0 Å². The van der Waals surface area contributed by atoms with E-state index in [4.69, 9.17) is 34.8 Å². The molecule has 0 saturated heterocycles. The molecule has 0 aliphatic carbocycles. The molecule has 1 N–H and O–H groups in total. The Bertz CT molecular complexity index is 373. The zero-order valence-corrected chi connectivity index (χ0v) is 10.9. The van der Waals surface area contributed by atoms with Crippen molar-refractivity contribution in [2.75, 3.05) is 0 Å². The Balaban J connectivity index is 3.21. The predicted molar refractivity (Wildman–Crippen MR) is 65.9 cm³/mol. The Morgan fingerprint density at radius 3 is 2.12 bits per heavy atom. The van der Waals surface area contributed by atoms with Gasteiger partial charge in [-0.25, -0.2) is 0 Å². The number of alkyl halides is 3. The van der Waals surface area contributed by atoms with Gasteiger partial charge in [-0.05, 0) is 12.5 Å². The van der Waals surface area contributed by atoms with Crippen LogP contribution >= 0.6 is 34.8 Å². The predicted octanol–water partition coefficient (Wildman–Crippen LogP) is 3.22. The fraction of sp³-hybridized carbons (Fsp3) is 0.364. The van der Waals surface area contributed by atoms with E-state index in [0.717, 1.165) is 0 Å². The molecule has 0 heterocycles. The van der Waals surface area contributed by atoms with E-state index in [2.05, 4.69) is 0 Å². The van der Waals surface area contributed by atoms with Gasteiger partial charge in [0.15, 0.2) is 0 Å². The van der Waals surface area contributed by atoms with Gasteiger partial charge in [0.2, 0.25) is 3.79 Å². The highest BCUT2D eigenvalue weighted by molar-refractivity contribution is 6.68. The molecule has 0 aromatic heterocycles. The van der Waals surface area contributed by atoms with Crippen LogP contribution in [0.15, 0.2) is 30.3 Å². The molecule has 0 bridgehead atoms. The van der Waals surface area contributed by atoms with Gasteiger partial charge in [0.1, 0.15) is 11.4 Å². The standard InChI is InChI=1S/C11H11Cl3O2/c1-8(15)7-10(16,11(12,13)14)9-5-3-2-4-6-9/h2-6,16H,7H2,1H3/t10-/m0/s1. The maximum Gasteiger partial charge on any atom is 0.223 e. The van der Waals surface area contributed by atoms with Gasteiger partial charge in [-0.1, -0.05) is 65.1 Å². The number of rotatable bonds is 3. The Labute approximate surface area is 109 Å². The van der Waals surface area contributed by atoms with Gasteiger partial charge in [-0.15, -0.1) is 0 Å². The summed E-state index contributed by atoms with van der Waals surface area (Å²) in [5.41, 5.74) is -1.39. The smallest absolute Gasteiger partial charge is 0.223 e. The molecule has 5 heteroatoms. The van der Waals surface area contributed by atoms with Crippen LogP contribution in [-0.2, 0) is 10.4 Å². The third-order valence-corrected chi connectivity index (χ3v) is 3.16. The van der Waals surface area contributed by atoms with Gasteiger partial charge in [0.25, 0.3) is 0 Å². The largest absolute Gasteiger partial charge is 0.380 e. The van der Waals surface area contributed by atoms with Crippen LogP contribution in [0.5, 0.6) is 0 Å². The molecule has 0 amide bonds. The summed E-state index contributed by atoms with van der Waals surface area (Å²) in [6, 6.07) is 8.42. The van der Waals surface area contributed by atoms with Crippen molar-refractivity contribution in [3.8, 4) is 0 Å². The fourth-order valence-corrected chi connectivity index (χ4v) is 1.97. The van der Waals surface area contributed by atoms with E-state index in [1.165, 1.54) is 6.92 Å². The van der Waals surface area contributed by atoms with Crippen LogP contribution in [0.25, 0.3) is 0 Å². The van der Waals surface area contributed by atoms with Crippen molar-refractivity contribution in [3.63, 3.8) is 0 Å². The average molecular weight is 282 g/mol. The molecule has 1 atom stereocenters. The van der Waals surface area contributed by atoms with Gasteiger partial charge >= 0.3 is 0 Å². The summed E-state index contributed by atoms with van der Waals surface area (Å²) in [5, 5.41) is 10.4. The number of Topliss-reactive ketones (excluding diaryl/α,β-unsaturated/α-hetero) is 1. The number of benzene rings is 1. The molecule has 0 radical (unpaired) electrons. The minimum absolute atomic E-state index is 0.243. The molecule has 1 rings (SSSR count). The number of carbonyl (C=O) groups is 1. The number of aliphatic hydroxyl groups is 1. The lowest BCUT2D eigenvalue weighted by atomic mass is 9.90. The quantitative estimate of drug-likeness (QED) is 0.864. The van der Waals surface area contributed by atoms with Gasteiger partial charge in [-0.3, -0.25) is 4.79 Å². The first-order valence-electron chi connectivity index (χ1n) is 4.61. The second-order valence-corrected chi connectivity index (χ2v) is 5.88. The summed E-state index contributed by atoms with van der Waals surface area (Å²) in [6.45, 7) is 1.34. The monoisotopic (exact) mass is 280 g/mol. The second kappa shape index (κ2) is 4.92. The molecule has 1 aromatic rings. The van der Waals surface area contributed by atoms with Crippen LogP contribution in [0.1, 0.15) is 18.9 Å². The van der Waals surface area contributed by atoms with Gasteiger partial charge < -0.3 is 5.11 Å². The van der Waals surface area contributed by atoms with Crippen LogP contribution in [0.4, 0.5) is 0 Å². The summed E-state index contributed by atoms with van der Waals surface area (Å²) in [5.74, 6) is -0.252. The Kier molecular flexibility index (Phi) is 4.24. The number of hydrogen-bond acceptors (Lipinski definition) is 2. The molecule has 0 aliphatic heterocycles. The van der Waals surface area contributed by atoms with Crippen molar-refractivity contribution in [2.45, 2.75) is 22.7 Å². The summed E-state index contributed by atoms with van der Waals surface area (Å²) in [7, 11) is 0. The number of hydrogen-bond donors (Lipinski definition) is 1. The Morgan fingerprint density at radius 2 is 1.75 bits per heavy atom. The summed E-state index contributed by atoms with van der Waals surface area (Å²) in [6.07, 6.45) is -0.243. The van der Waals surface area contributed by atoms with Gasteiger partial charge in [0.05, 0.1) is 0 Å². The zero-order chi connectivity index (χ0) is 12.4. The zero-order valence-electron chi connectivity index (χ0n) is 8.58. The fourth-order valence-electron chi connectivity index (χ4n) is 1.44. The van der Waals surface area contributed by atoms with Crippen LogP contribution in [0.3, 0.4) is 0 Å². The lowest BCUT2D eigenvalue weighted by Gasteiger charge is -2.34. The van der Waals surface area contributed by atoms with E-state index < -0.39 is 9.39 Å². The van der Waals surface area contributed by atoms with Crippen LogP contribution in [0, 0.1) is 0 Å². The molecule has 0 unspecified atom stereocenters. The first-order valence-corrected chi connectivity index (χ1v) is 5.75.